The summed E-state index contributed by atoms with van der Waals surface area (Å²) in [7, 11) is 3.00. The monoisotopic (exact) mass is 466 g/mol. The number of nitrogens with zero attached hydrogens (tertiary/aromatic N) is 6. The number of benzene rings is 1. The highest BCUT2D eigenvalue weighted by molar-refractivity contribution is 7.86. The molecule has 1 aliphatic heterocycles. The van der Waals surface area contributed by atoms with E-state index in [2.05, 4.69) is 9.97 Å². The van der Waals surface area contributed by atoms with Crippen molar-refractivity contribution in [1.29, 1.82) is 0 Å². The summed E-state index contributed by atoms with van der Waals surface area (Å²) < 4.78 is 60.0. The number of halogens is 2. The van der Waals surface area contributed by atoms with Gasteiger partial charge in [0, 0.05) is 53.4 Å². The average Bonchev–Trinajstić information content (AvgIpc) is 3.03. The molecule has 0 atom stereocenters. The summed E-state index contributed by atoms with van der Waals surface area (Å²) in [6.45, 7) is -2.45. The van der Waals surface area contributed by atoms with Gasteiger partial charge in [0.05, 0.1) is 17.4 Å². The Morgan fingerprint density at radius 1 is 1.19 bits per heavy atom. The van der Waals surface area contributed by atoms with Gasteiger partial charge in [0.25, 0.3) is 10.2 Å². The Balaban J connectivity index is 1.64. The van der Waals surface area contributed by atoms with Crippen LogP contribution in [0.5, 0.6) is 5.75 Å². The lowest BCUT2D eigenvalue weighted by molar-refractivity contribution is -0.0495. The molecule has 12 heteroatoms. The van der Waals surface area contributed by atoms with Gasteiger partial charge < -0.3 is 14.2 Å². The van der Waals surface area contributed by atoms with Crippen LogP contribution in [-0.2, 0) is 17.3 Å². The van der Waals surface area contributed by atoms with Crippen molar-refractivity contribution in [2.24, 2.45) is 7.05 Å². The van der Waals surface area contributed by atoms with Gasteiger partial charge in [-0.1, -0.05) is 6.07 Å². The molecule has 4 rings (SSSR count). The van der Waals surface area contributed by atoms with Crippen LogP contribution in [0.1, 0.15) is 11.5 Å². The van der Waals surface area contributed by atoms with Crippen LogP contribution in [0.25, 0.3) is 11.0 Å². The molecule has 0 aliphatic carbocycles. The fourth-order valence-electron chi connectivity index (χ4n) is 3.77. The maximum absolute atomic E-state index is 13.2. The highest BCUT2D eigenvalue weighted by Crippen LogP contribution is 2.39. The minimum absolute atomic E-state index is 0.000835. The van der Waals surface area contributed by atoms with Crippen LogP contribution in [-0.4, -0.2) is 72.4 Å². The summed E-state index contributed by atoms with van der Waals surface area (Å²) in [5.41, 5.74) is 2.68. The predicted octanol–water partition coefficient (Wildman–Crippen LogP) is 2.54. The molecule has 0 radical (unpaired) electrons. The zero-order chi connectivity index (χ0) is 23.2. The summed E-state index contributed by atoms with van der Waals surface area (Å²) in [6.07, 6.45) is 3.29. The first kappa shape index (κ1) is 22.4. The average molecular weight is 467 g/mol. The third-order valence-electron chi connectivity index (χ3n) is 5.63. The van der Waals surface area contributed by atoms with Crippen LogP contribution in [0.3, 0.4) is 0 Å². The van der Waals surface area contributed by atoms with E-state index in [1.54, 1.807) is 42.5 Å². The van der Waals surface area contributed by atoms with E-state index in [4.69, 9.17) is 4.74 Å². The number of anilines is 2. The molecule has 0 bridgehead atoms. The van der Waals surface area contributed by atoms with Crippen molar-refractivity contribution in [2.75, 3.05) is 39.1 Å². The number of hydrogen-bond donors (Lipinski definition) is 0. The lowest BCUT2D eigenvalue weighted by atomic mass is 9.93. The Morgan fingerprint density at radius 2 is 1.91 bits per heavy atom. The molecule has 0 unspecified atom stereocenters. The van der Waals surface area contributed by atoms with E-state index in [0.717, 1.165) is 15.4 Å². The molecule has 1 aliphatic rings. The molecule has 172 valence electrons. The van der Waals surface area contributed by atoms with Crippen molar-refractivity contribution >= 4 is 32.9 Å². The van der Waals surface area contributed by atoms with Crippen molar-refractivity contribution in [3.63, 3.8) is 0 Å². The van der Waals surface area contributed by atoms with Gasteiger partial charge in [-0.15, -0.1) is 0 Å². The van der Waals surface area contributed by atoms with Gasteiger partial charge in [-0.25, -0.2) is 4.98 Å². The number of alkyl halides is 2. The Morgan fingerprint density at radius 3 is 2.53 bits per heavy atom. The van der Waals surface area contributed by atoms with Crippen molar-refractivity contribution in [3.05, 3.63) is 42.2 Å². The predicted molar refractivity (Wildman–Crippen MR) is 117 cm³/mol. The van der Waals surface area contributed by atoms with Gasteiger partial charge in [0.1, 0.15) is 11.3 Å². The molecular weight excluding hydrogens is 442 g/mol. The SMILES string of the molecule is CN(c1ccc(C2CN(S(=O)(=O)N(C)C)C2)cc1OC(F)F)c1nc2cnccc2n1C. The molecule has 2 aromatic heterocycles. The fourth-order valence-corrected chi connectivity index (χ4v) is 4.97. The van der Waals surface area contributed by atoms with Crippen LogP contribution in [0.15, 0.2) is 36.7 Å². The van der Waals surface area contributed by atoms with Crippen molar-refractivity contribution < 1.29 is 21.9 Å². The van der Waals surface area contributed by atoms with E-state index in [0.29, 0.717) is 17.2 Å². The third-order valence-corrected chi connectivity index (χ3v) is 7.50. The number of hydrogen-bond acceptors (Lipinski definition) is 6. The second-order valence-electron chi connectivity index (χ2n) is 7.80. The first-order valence-corrected chi connectivity index (χ1v) is 11.3. The van der Waals surface area contributed by atoms with E-state index in [-0.39, 0.29) is 24.8 Å². The number of imidazole rings is 1. The minimum atomic E-state index is -3.49. The molecule has 32 heavy (non-hydrogen) atoms. The largest absolute Gasteiger partial charge is 0.433 e. The molecule has 3 aromatic rings. The number of aryl methyl sites for hydroxylation is 1. The van der Waals surface area contributed by atoms with E-state index in [1.165, 1.54) is 18.4 Å². The van der Waals surface area contributed by atoms with E-state index < -0.39 is 16.8 Å². The van der Waals surface area contributed by atoms with Crippen LogP contribution < -0.4 is 9.64 Å². The fraction of sp³-hybridized carbons (Fsp3) is 0.400. The summed E-state index contributed by atoms with van der Waals surface area (Å²) in [5, 5.41) is 0. The second-order valence-corrected chi connectivity index (χ2v) is 9.95. The van der Waals surface area contributed by atoms with Crippen molar-refractivity contribution in [2.45, 2.75) is 12.5 Å². The Bertz CT molecular complexity index is 1240. The smallest absolute Gasteiger partial charge is 0.387 e. The summed E-state index contributed by atoms with van der Waals surface area (Å²) in [5.74, 6) is 0.428. The van der Waals surface area contributed by atoms with E-state index in [9.17, 15) is 17.2 Å². The molecule has 1 aromatic carbocycles. The summed E-state index contributed by atoms with van der Waals surface area (Å²) in [4.78, 5) is 10.3. The standard InChI is InChI=1S/C20H24F2N6O3S/c1-25(2)32(29,30)28-11-14(12-28)13-5-6-17(18(9-13)31-19(21)22)27(4)20-24-15-10-23-8-7-16(15)26(20)3/h5-10,14,19H,11-12H2,1-4H3. The van der Waals surface area contributed by atoms with E-state index in [1.807, 2.05) is 17.7 Å². The molecule has 0 N–H and O–H groups in total. The van der Waals surface area contributed by atoms with Gasteiger partial charge in [-0.2, -0.15) is 25.8 Å². The summed E-state index contributed by atoms with van der Waals surface area (Å²) in [6, 6.07) is 6.86. The number of rotatable bonds is 7. The maximum Gasteiger partial charge on any atom is 0.387 e. The highest BCUT2D eigenvalue weighted by Gasteiger charge is 2.38. The van der Waals surface area contributed by atoms with Gasteiger partial charge in [0.15, 0.2) is 0 Å². The summed E-state index contributed by atoms with van der Waals surface area (Å²) >= 11 is 0. The van der Waals surface area contributed by atoms with Crippen molar-refractivity contribution in [3.8, 4) is 5.75 Å². The van der Waals surface area contributed by atoms with Crippen LogP contribution in [0.2, 0.25) is 0 Å². The Labute approximate surface area is 185 Å². The van der Waals surface area contributed by atoms with Gasteiger partial charge in [-0.3, -0.25) is 4.98 Å². The van der Waals surface area contributed by atoms with Crippen molar-refractivity contribution in [1.82, 2.24) is 23.1 Å². The zero-order valence-corrected chi connectivity index (χ0v) is 18.9. The molecule has 0 saturated carbocycles. The van der Waals surface area contributed by atoms with Crippen LogP contribution >= 0.6 is 0 Å². The first-order chi connectivity index (χ1) is 15.1. The zero-order valence-electron chi connectivity index (χ0n) is 18.1. The van der Waals surface area contributed by atoms with Gasteiger partial charge >= 0.3 is 6.61 Å². The second kappa shape index (κ2) is 8.26. The Kier molecular flexibility index (Phi) is 5.77. The van der Waals surface area contributed by atoms with E-state index >= 15 is 0 Å². The highest BCUT2D eigenvalue weighted by atomic mass is 32.2. The molecule has 3 heterocycles. The lowest BCUT2D eigenvalue weighted by Gasteiger charge is -2.39. The number of fused-ring (bicyclic) bond motifs is 1. The topological polar surface area (TPSA) is 83.8 Å². The molecule has 1 saturated heterocycles. The van der Waals surface area contributed by atoms with Gasteiger partial charge in [-0.05, 0) is 23.8 Å². The molecular formula is C20H24F2N6O3S. The maximum atomic E-state index is 13.2. The lowest BCUT2D eigenvalue weighted by Crippen LogP contribution is -2.52. The molecule has 0 spiro atoms. The molecule has 9 nitrogen and oxygen atoms in total. The minimum Gasteiger partial charge on any atom is -0.433 e. The number of ether oxygens (including phenoxy) is 1. The first-order valence-electron chi connectivity index (χ1n) is 9.86. The van der Waals surface area contributed by atoms with Gasteiger partial charge in [0.2, 0.25) is 5.95 Å². The Hall–Kier alpha value is -2.83. The quantitative estimate of drug-likeness (QED) is 0.532. The number of pyridine rings is 1. The molecule has 1 fully saturated rings. The van der Waals surface area contributed by atoms with Crippen LogP contribution in [0.4, 0.5) is 20.4 Å². The van der Waals surface area contributed by atoms with Crippen LogP contribution in [0, 0.1) is 0 Å². The molecule has 0 amide bonds. The normalized spacial score (nSPS) is 15.5. The number of aromatic nitrogens is 3. The third kappa shape index (κ3) is 3.89.